The molecule has 0 spiro atoms. The van der Waals surface area contributed by atoms with Crippen LogP contribution in [-0.2, 0) is 32.7 Å². The van der Waals surface area contributed by atoms with Crippen molar-refractivity contribution in [2.45, 2.75) is 148 Å². The minimum atomic E-state index is -4.67. The van der Waals surface area contributed by atoms with Crippen molar-refractivity contribution in [3.05, 3.63) is 146 Å². The highest BCUT2D eigenvalue weighted by atomic mass is 31.2. The standard InChI is InChI=1S/C56H88NO8P/c1-6-8-10-12-14-16-18-20-22-24-26-27-28-29-31-33-35-37-39-41-43-45-47-49-56(59)65-54(53-64-66(60,61)63-51-50-57(3,4)5)52-62-55(58)48-46-44-42-40-38-36-34-32-30-25-23-21-19-17-15-13-11-9-7-2/h8-11,14-17,20-23,26-27,29-32,35-38,41,43,54H,6-7,12-13,18-19,24-25,28,33-34,39-40,42,44-53H2,1-5H3/b10-8-,11-9-,16-14-,17-15-,22-20-,23-21-,27-26-,31-29-,32-30-,37-35-,38-36-,43-41-. The number of likely N-dealkylation sites (N-methyl/N-ethyl adjacent to an activating group) is 1. The predicted molar refractivity (Wildman–Crippen MR) is 277 cm³/mol. The monoisotopic (exact) mass is 934 g/mol. The molecule has 2 atom stereocenters. The van der Waals surface area contributed by atoms with E-state index in [-0.39, 0.29) is 26.1 Å². The maximum Gasteiger partial charge on any atom is 0.306 e. The second-order valence-corrected chi connectivity index (χ2v) is 18.1. The molecule has 0 rings (SSSR count). The van der Waals surface area contributed by atoms with Crippen molar-refractivity contribution in [1.82, 2.24) is 0 Å². The van der Waals surface area contributed by atoms with Crippen LogP contribution in [0.4, 0.5) is 0 Å². The van der Waals surface area contributed by atoms with Crippen LogP contribution in [-0.4, -0.2) is 70.0 Å². The minimum absolute atomic E-state index is 0.0571. The van der Waals surface area contributed by atoms with Crippen molar-refractivity contribution in [3.63, 3.8) is 0 Å². The van der Waals surface area contributed by atoms with E-state index in [1.807, 2.05) is 27.2 Å². The van der Waals surface area contributed by atoms with Crippen LogP contribution < -0.4 is 4.89 Å². The fourth-order valence-electron chi connectivity index (χ4n) is 5.61. The second kappa shape index (κ2) is 46.0. The molecule has 370 valence electrons. The van der Waals surface area contributed by atoms with Crippen molar-refractivity contribution in [1.29, 1.82) is 0 Å². The van der Waals surface area contributed by atoms with Crippen molar-refractivity contribution in [3.8, 4) is 0 Å². The van der Waals surface area contributed by atoms with Gasteiger partial charge in [-0.05, 0) is 109 Å². The van der Waals surface area contributed by atoms with Crippen LogP contribution in [0.1, 0.15) is 142 Å². The topological polar surface area (TPSA) is 111 Å². The lowest BCUT2D eigenvalue weighted by Gasteiger charge is -2.28. The zero-order valence-corrected chi connectivity index (χ0v) is 42.5. The summed E-state index contributed by atoms with van der Waals surface area (Å²) in [6, 6.07) is 0. The first-order chi connectivity index (χ1) is 32.0. The molecule has 0 aliphatic carbocycles. The molecule has 9 nitrogen and oxygen atoms in total. The normalized spacial score (nSPS) is 14.7. The van der Waals surface area contributed by atoms with Crippen LogP contribution in [0.2, 0.25) is 0 Å². The highest BCUT2D eigenvalue weighted by molar-refractivity contribution is 7.45. The number of phosphoric ester groups is 1. The summed E-state index contributed by atoms with van der Waals surface area (Å²) in [5.41, 5.74) is 0. The SMILES string of the molecule is CC/C=C\C/C=C\C/C=C\C/C=C\C/C=C\C/C=C\C/C=C\CCCC(=O)OC(COC(=O)CCCCC/C=C\C/C=C\C/C=C\C/C=C\C/C=C\CC)COP(=O)([O-])OCC[N+](C)(C)C. The Morgan fingerprint density at radius 2 is 0.833 bits per heavy atom. The molecule has 0 aromatic rings. The number of hydrogen-bond acceptors (Lipinski definition) is 8. The highest BCUT2D eigenvalue weighted by Gasteiger charge is 2.21. The van der Waals surface area contributed by atoms with Gasteiger partial charge in [-0.15, -0.1) is 0 Å². The molecule has 10 heteroatoms. The van der Waals surface area contributed by atoms with Crippen LogP contribution in [0.25, 0.3) is 0 Å². The summed E-state index contributed by atoms with van der Waals surface area (Å²) in [5.74, 6) is -0.959. The van der Waals surface area contributed by atoms with E-state index in [0.29, 0.717) is 30.3 Å². The molecular weight excluding hydrogens is 846 g/mol. The summed E-state index contributed by atoms with van der Waals surface area (Å²) < 4.78 is 33.9. The molecule has 0 N–H and O–H groups in total. The third kappa shape index (κ3) is 49.3. The average Bonchev–Trinajstić information content (AvgIpc) is 3.27. The Hall–Kier alpha value is -4.11. The van der Waals surface area contributed by atoms with Gasteiger partial charge in [-0.25, -0.2) is 0 Å². The summed E-state index contributed by atoms with van der Waals surface area (Å²) in [6.07, 6.45) is 67.4. The van der Waals surface area contributed by atoms with Crippen molar-refractivity contribution in [2.24, 2.45) is 0 Å². The van der Waals surface area contributed by atoms with Gasteiger partial charge in [0, 0.05) is 12.8 Å². The van der Waals surface area contributed by atoms with Gasteiger partial charge in [-0.2, -0.15) is 0 Å². The van der Waals surface area contributed by atoms with E-state index in [4.69, 9.17) is 18.5 Å². The number of esters is 2. The Bertz CT molecular complexity index is 1620. The number of carbonyl (C=O) groups excluding carboxylic acids is 2. The van der Waals surface area contributed by atoms with Gasteiger partial charge in [0.15, 0.2) is 6.10 Å². The van der Waals surface area contributed by atoms with Gasteiger partial charge in [0.1, 0.15) is 19.8 Å². The lowest BCUT2D eigenvalue weighted by atomic mass is 10.1. The first-order valence-corrected chi connectivity index (χ1v) is 26.0. The van der Waals surface area contributed by atoms with Gasteiger partial charge in [0.2, 0.25) is 0 Å². The Morgan fingerprint density at radius 3 is 1.23 bits per heavy atom. The van der Waals surface area contributed by atoms with Crippen LogP contribution in [0.5, 0.6) is 0 Å². The summed E-state index contributed by atoms with van der Waals surface area (Å²) in [5, 5.41) is 0. The summed E-state index contributed by atoms with van der Waals surface area (Å²) in [7, 11) is 1.08. The van der Waals surface area contributed by atoms with Gasteiger partial charge in [-0.1, -0.05) is 166 Å². The molecule has 0 saturated heterocycles. The molecule has 0 bridgehead atoms. The molecule has 66 heavy (non-hydrogen) atoms. The lowest BCUT2D eigenvalue weighted by molar-refractivity contribution is -0.870. The predicted octanol–water partition coefficient (Wildman–Crippen LogP) is 14.2. The van der Waals surface area contributed by atoms with Gasteiger partial charge in [-0.3, -0.25) is 14.2 Å². The summed E-state index contributed by atoms with van der Waals surface area (Å²) >= 11 is 0. The molecule has 0 fully saturated rings. The number of unbranched alkanes of at least 4 members (excludes halogenated alkanes) is 4. The first-order valence-electron chi connectivity index (χ1n) is 24.5. The van der Waals surface area contributed by atoms with Crippen LogP contribution in [0.3, 0.4) is 0 Å². The summed E-state index contributed by atoms with van der Waals surface area (Å²) in [6.45, 7) is 3.86. The summed E-state index contributed by atoms with van der Waals surface area (Å²) in [4.78, 5) is 37.7. The number of ether oxygens (including phenoxy) is 2. The number of hydrogen-bond donors (Lipinski definition) is 0. The van der Waals surface area contributed by atoms with Crippen LogP contribution in [0, 0.1) is 0 Å². The highest BCUT2D eigenvalue weighted by Crippen LogP contribution is 2.38. The molecular formula is C56H88NO8P. The Morgan fingerprint density at radius 1 is 0.470 bits per heavy atom. The quantitative estimate of drug-likeness (QED) is 0.0196. The first kappa shape index (κ1) is 61.9. The van der Waals surface area contributed by atoms with E-state index in [0.717, 1.165) is 96.3 Å². The third-order valence-electron chi connectivity index (χ3n) is 9.35. The Balaban J connectivity index is 4.50. The van der Waals surface area contributed by atoms with Gasteiger partial charge >= 0.3 is 11.9 Å². The van der Waals surface area contributed by atoms with Crippen LogP contribution in [0.15, 0.2) is 146 Å². The minimum Gasteiger partial charge on any atom is -0.756 e. The third-order valence-corrected chi connectivity index (χ3v) is 10.3. The molecule has 0 aliphatic rings. The molecule has 2 unspecified atom stereocenters. The van der Waals surface area contributed by atoms with E-state index < -0.39 is 32.5 Å². The molecule has 0 heterocycles. The van der Waals surface area contributed by atoms with E-state index in [2.05, 4.69) is 154 Å². The molecule has 0 amide bonds. The van der Waals surface area contributed by atoms with E-state index in [1.54, 1.807) is 0 Å². The lowest BCUT2D eigenvalue weighted by Crippen LogP contribution is -2.37. The Kier molecular flexibility index (Phi) is 43.2. The van der Waals surface area contributed by atoms with Crippen LogP contribution >= 0.6 is 7.82 Å². The Labute approximate surface area is 402 Å². The van der Waals surface area contributed by atoms with E-state index in [9.17, 15) is 19.0 Å². The fourth-order valence-corrected chi connectivity index (χ4v) is 6.34. The van der Waals surface area contributed by atoms with Gasteiger partial charge in [0.05, 0.1) is 27.7 Å². The fraction of sp³-hybridized carbons (Fsp3) is 0.536. The van der Waals surface area contributed by atoms with E-state index >= 15 is 0 Å². The zero-order valence-electron chi connectivity index (χ0n) is 41.6. The zero-order chi connectivity index (χ0) is 48.5. The number of allylic oxidation sites excluding steroid dienone is 24. The maximum atomic E-state index is 12.7. The maximum absolute atomic E-state index is 12.7. The van der Waals surface area contributed by atoms with E-state index in [1.165, 1.54) is 0 Å². The van der Waals surface area contributed by atoms with Crippen molar-refractivity contribution in [2.75, 3.05) is 47.5 Å². The molecule has 0 radical (unpaired) electrons. The largest absolute Gasteiger partial charge is 0.756 e. The molecule has 0 aromatic heterocycles. The van der Waals surface area contributed by atoms with Crippen molar-refractivity contribution >= 4 is 19.8 Å². The van der Waals surface area contributed by atoms with Gasteiger partial charge < -0.3 is 27.9 Å². The smallest absolute Gasteiger partial charge is 0.306 e. The molecule has 0 aliphatic heterocycles. The number of rotatable bonds is 42. The number of carbonyl (C=O) groups is 2. The van der Waals surface area contributed by atoms with Gasteiger partial charge in [0.25, 0.3) is 7.82 Å². The molecule has 0 aromatic carbocycles. The number of phosphoric acid groups is 1. The number of quaternary nitrogens is 1. The number of nitrogens with zero attached hydrogens (tertiary/aromatic N) is 1. The van der Waals surface area contributed by atoms with Crippen molar-refractivity contribution < 1.29 is 42.1 Å². The second-order valence-electron chi connectivity index (χ2n) is 16.7. The molecule has 0 saturated carbocycles. The average molecular weight is 934 g/mol.